The van der Waals surface area contributed by atoms with Gasteiger partial charge in [-0.05, 0) is 46.8 Å². The molecule has 2 heterocycles. The van der Waals surface area contributed by atoms with E-state index in [0.717, 1.165) is 23.7 Å². The van der Waals surface area contributed by atoms with Crippen molar-refractivity contribution in [1.29, 1.82) is 0 Å². The number of hydrogen-bond donors (Lipinski definition) is 1. The first-order chi connectivity index (χ1) is 9.57. The zero-order chi connectivity index (χ0) is 14.2. The van der Waals surface area contributed by atoms with Crippen LogP contribution in [0.1, 0.15) is 38.5 Å². The molecule has 0 aliphatic heterocycles. The minimum absolute atomic E-state index is 0.488. The summed E-state index contributed by atoms with van der Waals surface area (Å²) >= 11 is 3.35. The van der Waals surface area contributed by atoms with E-state index in [1.165, 1.54) is 6.42 Å². The fourth-order valence-corrected chi connectivity index (χ4v) is 3.06. The second-order valence-corrected chi connectivity index (χ2v) is 6.56. The number of hydrogen-bond acceptors (Lipinski definition) is 5. The van der Waals surface area contributed by atoms with Gasteiger partial charge in [-0.3, -0.25) is 4.98 Å². The minimum Gasteiger partial charge on any atom is -0.337 e. The van der Waals surface area contributed by atoms with Crippen LogP contribution < -0.4 is 5.73 Å². The maximum Gasteiger partial charge on any atom is 0.247 e. The lowest BCUT2D eigenvalue weighted by atomic mass is 9.77. The van der Waals surface area contributed by atoms with E-state index in [2.05, 4.69) is 38.0 Å². The molecule has 0 amide bonds. The van der Waals surface area contributed by atoms with Crippen molar-refractivity contribution in [2.45, 2.75) is 38.1 Å². The highest BCUT2D eigenvalue weighted by atomic mass is 79.9. The van der Waals surface area contributed by atoms with Gasteiger partial charge in [-0.25, -0.2) is 0 Å². The first-order valence-electron chi connectivity index (χ1n) is 6.82. The number of nitrogens with zero attached hydrogens (tertiary/aromatic N) is 3. The molecular formula is C14H17BrN4O. The molecule has 5 nitrogen and oxygen atoms in total. The van der Waals surface area contributed by atoms with Gasteiger partial charge in [0, 0.05) is 10.7 Å². The topological polar surface area (TPSA) is 77.8 Å². The normalized spacial score (nSPS) is 26.6. The Hall–Kier alpha value is -1.27. The summed E-state index contributed by atoms with van der Waals surface area (Å²) in [6.07, 6.45) is 5.82. The van der Waals surface area contributed by atoms with Gasteiger partial charge in [0.15, 0.2) is 0 Å². The largest absolute Gasteiger partial charge is 0.337 e. The second kappa shape index (κ2) is 5.26. The van der Waals surface area contributed by atoms with Gasteiger partial charge in [0.25, 0.3) is 0 Å². The lowest BCUT2D eigenvalue weighted by Crippen LogP contribution is -2.41. The first-order valence-corrected chi connectivity index (χ1v) is 7.61. The maximum absolute atomic E-state index is 6.46. The molecule has 0 spiro atoms. The van der Waals surface area contributed by atoms with Crippen LogP contribution in [0.15, 0.2) is 27.3 Å². The molecule has 2 aromatic heterocycles. The third-order valence-electron chi connectivity index (χ3n) is 3.84. The van der Waals surface area contributed by atoms with E-state index in [-0.39, 0.29) is 0 Å². The van der Waals surface area contributed by atoms with Crippen LogP contribution in [-0.2, 0) is 5.54 Å². The average Bonchev–Trinajstić information content (AvgIpc) is 2.90. The van der Waals surface area contributed by atoms with Crippen LogP contribution in [-0.4, -0.2) is 15.1 Å². The minimum atomic E-state index is -0.488. The number of halogens is 1. The van der Waals surface area contributed by atoms with Gasteiger partial charge in [0.2, 0.25) is 11.7 Å². The van der Waals surface area contributed by atoms with Crippen molar-refractivity contribution in [3.8, 4) is 11.5 Å². The molecule has 0 bridgehead atoms. The highest BCUT2D eigenvalue weighted by Crippen LogP contribution is 2.37. The Morgan fingerprint density at radius 2 is 2.30 bits per heavy atom. The standard InChI is InChI=1S/C14H17BrN4O/c1-9-3-2-6-14(16,7-9)13-18-12(19-20-13)11-5-4-10(15)8-17-11/h4-5,8-9H,2-3,6-7,16H2,1H3. The molecule has 2 N–H and O–H groups in total. The SMILES string of the molecule is CC1CCCC(N)(c2nc(-c3ccc(Br)cn3)no2)C1. The van der Waals surface area contributed by atoms with E-state index in [1.54, 1.807) is 6.20 Å². The summed E-state index contributed by atoms with van der Waals surface area (Å²) in [5, 5.41) is 4.02. The van der Waals surface area contributed by atoms with Crippen LogP contribution in [0.3, 0.4) is 0 Å². The van der Waals surface area contributed by atoms with Gasteiger partial charge in [0.05, 0.1) is 5.54 Å². The molecule has 1 aliphatic carbocycles. The summed E-state index contributed by atoms with van der Waals surface area (Å²) < 4.78 is 6.32. The average molecular weight is 337 g/mol. The zero-order valence-corrected chi connectivity index (χ0v) is 12.9. The fraction of sp³-hybridized carbons (Fsp3) is 0.500. The van der Waals surface area contributed by atoms with Gasteiger partial charge in [-0.1, -0.05) is 24.9 Å². The van der Waals surface area contributed by atoms with Crippen molar-refractivity contribution < 1.29 is 4.52 Å². The number of nitrogens with two attached hydrogens (primary N) is 1. The first kappa shape index (κ1) is 13.7. The molecule has 6 heteroatoms. The van der Waals surface area contributed by atoms with Crippen LogP contribution in [0.25, 0.3) is 11.5 Å². The molecular weight excluding hydrogens is 320 g/mol. The Morgan fingerprint density at radius 1 is 1.45 bits per heavy atom. The van der Waals surface area contributed by atoms with E-state index in [0.29, 0.717) is 23.3 Å². The molecule has 2 unspecified atom stereocenters. The second-order valence-electron chi connectivity index (χ2n) is 5.64. The smallest absolute Gasteiger partial charge is 0.247 e. The van der Waals surface area contributed by atoms with Crippen LogP contribution in [0.5, 0.6) is 0 Å². The molecule has 0 saturated heterocycles. The number of aromatic nitrogens is 3. The Bertz CT molecular complexity index is 597. The predicted octanol–water partition coefficient (Wildman–Crippen LogP) is 3.26. The predicted molar refractivity (Wildman–Crippen MR) is 78.7 cm³/mol. The summed E-state index contributed by atoms with van der Waals surface area (Å²) in [6.45, 7) is 2.22. The van der Waals surface area contributed by atoms with Crippen molar-refractivity contribution in [3.63, 3.8) is 0 Å². The number of rotatable bonds is 2. The summed E-state index contributed by atoms with van der Waals surface area (Å²) in [7, 11) is 0. The van der Waals surface area contributed by atoms with Crippen LogP contribution in [0, 0.1) is 5.92 Å². The monoisotopic (exact) mass is 336 g/mol. The summed E-state index contributed by atoms with van der Waals surface area (Å²) in [6, 6.07) is 3.75. The van der Waals surface area contributed by atoms with Gasteiger partial charge >= 0.3 is 0 Å². The van der Waals surface area contributed by atoms with Gasteiger partial charge in [-0.2, -0.15) is 4.98 Å². The van der Waals surface area contributed by atoms with E-state index in [9.17, 15) is 0 Å². The van der Waals surface area contributed by atoms with Gasteiger partial charge in [-0.15, -0.1) is 0 Å². The molecule has 2 atom stereocenters. The van der Waals surface area contributed by atoms with E-state index >= 15 is 0 Å². The molecule has 20 heavy (non-hydrogen) atoms. The van der Waals surface area contributed by atoms with Crippen molar-refractivity contribution in [2.75, 3.05) is 0 Å². The van der Waals surface area contributed by atoms with Gasteiger partial charge in [0.1, 0.15) is 5.69 Å². The maximum atomic E-state index is 6.46. The lowest BCUT2D eigenvalue weighted by molar-refractivity contribution is 0.183. The number of pyridine rings is 1. The van der Waals surface area contributed by atoms with E-state index in [1.807, 2.05) is 12.1 Å². The Kier molecular flexibility index (Phi) is 3.60. The third kappa shape index (κ3) is 2.62. The lowest BCUT2D eigenvalue weighted by Gasteiger charge is -2.33. The Morgan fingerprint density at radius 3 is 3.00 bits per heavy atom. The molecule has 1 fully saturated rings. The molecule has 3 rings (SSSR count). The van der Waals surface area contributed by atoms with Crippen LogP contribution in [0.4, 0.5) is 0 Å². The Labute approximate surface area is 126 Å². The van der Waals surface area contributed by atoms with Gasteiger partial charge < -0.3 is 10.3 Å². The van der Waals surface area contributed by atoms with Crippen molar-refractivity contribution in [3.05, 3.63) is 28.7 Å². The quantitative estimate of drug-likeness (QED) is 0.910. The van der Waals surface area contributed by atoms with E-state index < -0.39 is 5.54 Å². The Balaban J connectivity index is 1.88. The molecule has 0 aromatic carbocycles. The molecule has 1 saturated carbocycles. The van der Waals surface area contributed by atoms with Crippen molar-refractivity contribution in [2.24, 2.45) is 11.7 Å². The van der Waals surface area contributed by atoms with E-state index in [4.69, 9.17) is 10.3 Å². The van der Waals surface area contributed by atoms with Crippen LogP contribution in [0.2, 0.25) is 0 Å². The summed E-state index contributed by atoms with van der Waals surface area (Å²) in [5.41, 5.74) is 6.66. The zero-order valence-electron chi connectivity index (χ0n) is 11.3. The molecule has 2 aromatic rings. The van der Waals surface area contributed by atoms with Crippen molar-refractivity contribution >= 4 is 15.9 Å². The molecule has 1 aliphatic rings. The highest BCUT2D eigenvalue weighted by Gasteiger charge is 2.37. The molecule has 0 radical (unpaired) electrons. The molecule has 106 valence electrons. The highest BCUT2D eigenvalue weighted by molar-refractivity contribution is 9.10. The van der Waals surface area contributed by atoms with Crippen LogP contribution >= 0.6 is 15.9 Å². The third-order valence-corrected chi connectivity index (χ3v) is 4.31. The summed E-state index contributed by atoms with van der Waals surface area (Å²) in [4.78, 5) is 8.73. The fourth-order valence-electron chi connectivity index (χ4n) is 2.82. The summed E-state index contributed by atoms with van der Waals surface area (Å²) in [5.74, 6) is 1.62. The van der Waals surface area contributed by atoms with Crippen molar-refractivity contribution in [1.82, 2.24) is 15.1 Å².